The summed E-state index contributed by atoms with van der Waals surface area (Å²) >= 11 is 0. The van der Waals surface area contributed by atoms with E-state index in [1.165, 1.54) is 0 Å². The molecule has 0 spiro atoms. The van der Waals surface area contributed by atoms with Gasteiger partial charge in [-0.15, -0.1) is 0 Å². The Labute approximate surface area is 65.4 Å². The second-order valence-electron chi connectivity index (χ2n) is 2.72. The second kappa shape index (κ2) is 2.40. The number of hydrogen-bond donors (Lipinski definition) is 1. The summed E-state index contributed by atoms with van der Waals surface area (Å²) in [5, 5.41) is 8.62. The molecule has 1 aromatic heterocycles. The predicted octanol–water partition coefficient (Wildman–Crippen LogP) is 1.29. The zero-order chi connectivity index (χ0) is 8.48. The summed E-state index contributed by atoms with van der Waals surface area (Å²) in [4.78, 5) is 0. The van der Waals surface area contributed by atoms with E-state index in [-0.39, 0.29) is 0 Å². The highest BCUT2D eigenvalue weighted by Gasteiger charge is 2.23. The first-order valence-corrected chi connectivity index (χ1v) is 3.33. The normalized spacial score (nSPS) is 15.5. The van der Waals surface area contributed by atoms with Crippen LogP contribution in [0.3, 0.4) is 0 Å². The first-order valence-electron chi connectivity index (χ1n) is 3.33. The van der Waals surface area contributed by atoms with E-state index >= 15 is 0 Å². The van der Waals surface area contributed by atoms with Gasteiger partial charge in [-0.1, -0.05) is 0 Å². The van der Waals surface area contributed by atoms with Crippen molar-refractivity contribution >= 4 is 0 Å². The van der Waals surface area contributed by atoms with Crippen LogP contribution in [0.25, 0.3) is 0 Å². The van der Waals surface area contributed by atoms with Gasteiger partial charge in [-0.25, -0.2) is 0 Å². The van der Waals surface area contributed by atoms with Crippen molar-refractivity contribution in [2.75, 3.05) is 0 Å². The zero-order valence-electron chi connectivity index (χ0n) is 6.59. The summed E-state index contributed by atoms with van der Waals surface area (Å²) in [7, 11) is 0. The standard InChI is InChI=1S/C8H10N2O/c1-6-3-4-7(11-6)8(2,10)5-9/h3-4H,10H2,1-2H3. The van der Waals surface area contributed by atoms with Crippen molar-refractivity contribution < 1.29 is 4.42 Å². The van der Waals surface area contributed by atoms with Crippen LogP contribution in [0.15, 0.2) is 16.5 Å². The van der Waals surface area contributed by atoms with Gasteiger partial charge in [-0.2, -0.15) is 5.26 Å². The van der Waals surface area contributed by atoms with Crippen LogP contribution in [0.4, 0.5) is 0 Å². The molecule has 11 heavy (non-hydrogen) atoms. The molecule has 0 radical (unpaired) electrons. The highest BCUT2D eigenvalue weighted by Crippen LogP contribution is 2.18. The Hall–Kier alpha value is -1.27. The first-order chi connectivity index (χ1) is 5.06. The average Bonchev–Trinajstić information content (AvgIpc) is 2.36. The Morgan fingerprint density at radius 3 is 2.64 bits per heavy atom. The molecule has 2 N–H and O–H groups in total. The maximum atomic E-state index is 8.62. The highest BCUT2D eigenvalue weighted by atomic mass is 16.3. The van der Waals surface area contributed by atoms with Gasteiger partial charge >= 0.3 is 0 Å². The number of nitrogens with two attached hydrogens (primary N) is 1. The van der Waals surface area contributed by atoms with Gasteiger partial charge in [0.05, 0.1) is 6.07 Å². The van der Waals surface area contributed by atoms with Gasteiger partial charge in [0.1, 0.15) is 11.5 Å². The fraction of sp³-hybridized carbons (Fsp3) is 0.375. The lowest BCUT2D eigenvalue weighted by Crippen LogP contribution is -2.30. The molecule has 3 nitrogen and oxygen atoms in total. The first kappa shape index (κ1) is 7.83. The third kappa shape index (κ3) is 1.41. The molecule has 3 heteroatoms. The van der Waals surface area contributed by atoms with Crippen molar-refractivity contribution in [3.8, 4) is 6.07 Å². The topological polar surface area (TPSA) is 63.0 Å². The molecule has 0 aliphatic rings. The summed E-state index contributed by atoms with van der Waals surface area (Å²) in [6.07, 6.45) is 0. The molecule has 0 fully saturated rings. The minimum absolute atomic E-state index is 0.512. The lowest BCUT2D eigenvalue weighted by Gasteiger charge is -2.10. The van der Waals surface area contributed by atoms with Crippen LogP contribution in [-0.4, -0.2) is 0 Å². The summed E-state index contributed by atoms with van der Waals surface area (Å²) in [5.74, 6) is 1.28. The molecule has 58 valence electrons. The molecule has 1 aromatic rings. The Bertz CT molecular complexity index is 293. The Kier molecular flexibility index (Phi) is 1.71. The van der Waals surface area contributed by atoms with Gasteiger partial charge in [0.25, 0.3) is 0 Å². The van der Waals surface area contributed by atoms with E-state index in [9.17, 15) is 0 Å². The molecule has 1 rings (SSSR count). The summed E-state index contributed by atoms with van der Waals surface area (Å²) in [5.41, 5.74) is 4.59. The van der Waals surface area contributed by atoms with Gasteiger partial charge in [-0.05, 0) is 26.0 Å². The molecule has 1 heterocycles. The van der Waals surface area contributed by atoms with Gasteiger partial charge in [-0.3, -0.25) is 0 Å². The maximum absolute atomic E-state index is 8.62. The van der Waals surface area contributed by atoms with Crippen LogP contribution >= 0.6 is 0 Å². The van der Waals surface area contributed by atoms with Crippen LogP contribution < -0.4 is 5.73 Å². The van der Waals surface area contributed by atoms with Crippen LogP contribution in [0.1, 0.15) is 18.4 Å². The molecule has 0 amide bonds. The van der Waals surface area contributed by atoms with Gasteiger partial charge in [0.2, 0.25) is 0 Å². The van der Waals surface area contributed by atoms with Crippen molar-refractivity contribution in [1.82, 2.24) is 0 Å². The second-order valence-corrected chi connectivity index (χ2v) is 2.72. The van der Waals surface area contributed by atoms with Crippen LogP contribution in [0, 0.1) is 18.3 Å². The Morgan fingerprint density at radius 2 is 2.27 bits per heavy atom. The maximum Gasteiger partial charge on any atom is 0.159 e. The number of hydrogen-bond acceptors (Lipinski definition) is 3. The molecule has 1 unspecified atom stereocenters. The minimum Gasteiger partial charge on any atom is -0.463 e. The monoisotopic (exact) mass is 150 g/mol. The van der Waals surface area contributed by atoms with Crippen molar-refractivity contribution in [3.63, 3.8) is 0 Å². The minimum atomic E-state index is -1.01. The molecule has 0 bridgehead atoms. The molecule has 1 atom stereocenters. The van der Waals surface area contributed by atoms with E-state index in [0.717, 1.165) is 5.76 Å². The van der Waals surface area contributed by atoms with Gasteiger partial charge < -0.3 is 10.2 Å². The van der Waals surface area contributed by atoms with Crippen LogP contribution in [-0.2, 0) is 5.54 Å². The fourth-order valence-electron chi connectivity index (χ4n) is 0.769. The molecule has 0 saturated carbocycles. The number of furan rings is 1. The third-order valence-corrected chi connectivity index (χ3v) is 1.48. The molecule has 0 aliphatic heterocycles. The summed E-state index contributed by atoms with van der Waals surface area (Å²) in [6.45, 7) is 3.43. The van der Waals surface area contributed by atoms with E-state index in [1.807, 2.05) is 13.0 Å². The van der Waals surface area contributed by atoms with E-state index in [4.69, 9.17) is 15.4 Å². The SMILES string of the molecule is Cc1ccc(C(C)(N)C#N)o1. The number of nitriles is 1. The van der Waals surface area contributed by atoms with E-state index in [2.05, 4.69) is 0 Å². The van der Waals surface area contributed by atoms with E-state index in [1.54, 1.807) is 19.1 Å². The van der Waals surface area contributed by atoms with Crippen LogP contribution in [0.5, 0.6) is 0 Å². The predicted molar refractivity (Wildman–Crippen MR) is 40.6 cm³/mol. The number of rotatable bonds is 1. The van der Waals surface area contributed by atoms with E-state index in [0.29, 0.717) is 5.76 Å². The average molecular weight is 150 g/mol. The Morgan fingerprint density at radius 1 is 1.64 bits per heavy atom. The van der Waals surface area contributed by atoms with Crippen LogP contribution in [0.2, 0.25) is 0 Å². The molecule has 0 aliphatic carbocycles. The molecular weight excluding hydrogens is 140 g/mol. The van der Waals surface area contributed by atoms with E-state index < -0.39 is 5.54 Å². The molecule has 0 aromatic carbocycles. The molecule has 0 saturated heterocycles. The third-order valence-electron chi connectivity index (χ3n) is 1.48. The van der Waals surface area contributed by atoms with Crippen molar-refractivity contribution in [2.45, 2.75) is 19.4 Å². The lowest BCUT2D eigenvalue weighted by molar-refractivity contribution is 0.416. The zero-order valence-corrected chi connectivity index (χ0v) is 6.59. The summed E-state index contributed by atoms with van der Waals surface area (Å²) < 4.78 is 5.19. The van der Waals surface area contributed by atoms with Crippen molar-refractivity contribution in [2.24, 2.45) is 5.73 Å². The quantitative estimate of drug-likeness (QED) is 0.656. The smallest absolute Gasteiger partial charge is 0.159 e. The number of aryl methyl sites for hydroxylation is 1. The summed E-state index contributed by atoms with van der Waals surface area (Å²) in [6, 6.07) is 5.47. The largest absolute Gasteiger partial charge is 0.463 e. The van der Waals surface area contributed by atoms with Crippen molar-refractivity contribution in [3.05, 3.63) is 23.7 Å². The Balaban J connectivity index is 3.04. The lowest BCUT2D eigenvalue weighted by atomic mass is 10.0. The number of nitrogens with zero attached hydrogens (tertiary/aromatic N) is 1. The van der Waals surface area contributed by atoms with Gasteiger partial charge in [0.15, 0.2) is 5.54 Å². The fourth-order valence-corrected chi connectivity index (χ4v) is 0.769. The van der Waals surface area contributed by atoms with Gasteiger partial charge in [0, 0.05) is 0 Å². The highest BCUT2D eigenvalue weighted by molar-refractivity contribution is 5.21. The van der Waals surface area contributed by atoms with Crippen molar-refractivity contribution in [1.29, 1.82) is 5.26 Å². The molecular formula is C8H10N2O.